The van der Waals surface area contributed by atoms with Gasteiger partial charge < -0.3 is 19.7 Å². The van der Waals surface area contributed by atoms with Gasteiger partial charge in [-0.1, -0.05) is 25.1 Å². The summed E-state index contributed by atoms with van der Waals surface area (Å²) in [5.74, 6) is 0.937. The average Bonchev–Trinajstić information content (AvgIpc) is 3.33. The molecular weight excluding hydrogens is 453 g/mol. The average molecular weight is 490 g/mol. The number of aryl methyl sites for hydroxylation is 1. The summed E-state index contributed by atoms with van der Waals surface area (Å²) in [6.07, 6.45) is 5.29. The molecule has 0 radical (unpaired) electrons. The van der Waals surface area contributed by atoms with Crippen LogP contribution < -0.4 is 10.2 Å². The minimum atomic E-state index is -0.242. The fourth-order valence-corrected chi connectivity index (χ4v) is 6.92. The third kappa shape index (κ3) is 3.97. The van der Waals surface area contributed by atoms with Crippen LogP contribution in [0.2, 0.25) is 0 Å². The maximum absolute atomic E-state index is 14.4. The smallest absolute Gasteiger partial charge is 0.226 e. The first-order valence-electron chi connectivity index (χ1n) is 13.4. The highest BCUT2D eigenvalue weighted by Crippen LogP contribution is 2.45. The fraction of sp³-hybridized carbons (Fsp3) is 0.517. The van der Waals surface area contributed by atoms with Gasteiger partial charge in [0.15, 0.2) is 5.82 Å². The van der Waals surface area contributed by atoms with Crippen molar-refractivity contribution < 1.29 is 9.18 Å². The van der Waals surface area contributed by atoms with Crippen molar-refractivity contribution in [1.82, 2.24) is 19.8 Å². The maximum Gasteiger partial charge on any atom is 0.226 e. The molecular formula is C29H36FN5O. The number of likely N-dealkylation sites (tertiary alicyclic amines) is 1. The van der Waals surface area contributed by atoms with Crippen molar-refractivity contribution in [3.8, 4) is 0 Å². The summed E-state index contributed by atoms with van der Waals surface area (Å²) in [6.45, 7) is 5.83. The number of benzene rings is 2. The normalized spacial score (nSPS) is 25.2. The highest BCUT2D eigenvalue weighted by atomic mass is 19.1. The lowest BCUT2D eigenvalue weighted by Gasteiger charge is -2.42. The Bertz CT molecular complexity index is 1270. The van der Waals surface area contributed by atoms with Crippen LogP contribution in [0.5, 0.6) is 0 Å². The molecule has 3 saturated heterocycles. The Kier molecular flexibility index (Phi) is 5.98. The van der Waals surface area contributed by atoms with Gasteiger partial charge in [-0.25, -0.2) is 9.37 Å². The van der Waals surface area contributed by atoms with Gasteiger partial charge in [0, 0.05) is 36.9 Å². The predicted molar refractivity (Wildman–Crippen MR) is 141 cm³/mol. The fourth-order valence-electron chi connectivity index (χ4n) is 6.92. The summed E-state index contributed by atoms with van der Waals surface area (Å²) in [7, 11) is 2.05. The van der Waals surface area contributed by atoms with Crippen LogP contribution in [0.4, 0.5) is 10.1 Å². The Morgan fingerprint density at radius 1 is 1.11 bits per heavy atom. The number of carbonyl (C=O) groups excluding carboxylic acids is 1. The standard InChI is InChI=1S/C29H36FN5O/c1-4-26(32-29(36)20-16-33(3)17-20)19-7-5-8-21(13-19)35-22-11-12-23(35)15-24(14-22)34-18(2)31-28-25(30)9-6-10-27(28)34/h5-10,13,20,22-24,26H,4,11-12,14-17H2,1-3H3,(H,32,36)/t22-,23+,24?,26-/m0/s1. The molecule has 4 atom stereocenters. The zero-order valence-electron chi connectivity index (χ0n) is 21.5. The largest absolute Gasteiger partial charge is 0.365 e. The van der Waals surface area contributed by atoms with Gasteiger partial charge in [0.25, 0.3) is 0 Å². The zero-order valence-corrected chi connectivity index (χ0v) is 21.5. The van der Waals surface area contributed by atoms with E-state index in [-0.39, 0.29) is 23.7 Å². The Labute approximate surface area is 212 Å². The number of piperidine rings is 1. The molecule has 190 valence electrons. The molecule has 1 aromatic heterocycles. The highest BCUT2D eigenvalue weighted by molar-refractivity contribution is 5.80. The van der Waals surface area contributed by atoms with Gasteiger partial charge in [0.2, 0.25) is 5.91 Å². The van der Waals surface area contributed by atoms with Crippen LogP contribution in [0.25, 0.3) is 11.0 Å². The molecule has 3 aliphatic heterocycles. The minimum absolute atomic E-state index is 0.0356. The lowest BCUT2D eigenvalue weighted by atomic mass is 9.94. The van der Waals surface area contributed by atoms with Crippen molar-refractivity contribution in [2.75, 3.05) is 25.0 Å². The van der Waals surface area contributed by atoms with Crippen LogP contribution in [0.1, 0.15) is 62.5 Å². The SMILES string of the molecule is CC[C@H](NC(=O)C1CN(C)C1)c1cccc(N2[C@@H]3CC[C@H]2CC(n2c(C)nc4c(F)cccc42)C3)c1. The highest BCUT2D eigenvalue weighted by Gasteiger charge is 2.42. The number of anilines is 1. The number of imidazole rings is 1. The number of hydrogen-bond acceptors (Lipinski definition) is 4. The molecule has 1 N–H and O–H groups in total. The second-order valence-electron chi connectivity index (χ2n) is 11.0. The Morgan fingerprint density at radius 3 is 2.53 bits per heavy atom. The second-order valence-corrected chi connectivity index (χ2v) is 11.0. The van der Waals surface area contributed by atoms with Crippen molar-refractivity contribution in [3.63, 3.8) is 0 Å². The molecule has 6 rings (SSSR count). The third-order valence-electron chi connectivity index (χ3n) is 8.65. The molecule has 36 heavy (non-hydrogen) atoms. The van der Waals surface area contributed by atoms with Crippen molar-refractivity contribution in [2.45, 2.75) is 70.1 Å². The Morgan fingerprint density at radius 2 is 1.83 bits per heavy atom. The molecule has 3 aromatic rings. The second kappa shape index (κ2) is 9.18. The topological polar surface area (TPSA) is 53.4 Å². The monoisotopic (exact) mass is 489 g/mol. The van der Waals surface area contributed by atoms with E-state index in [1.54, 1.807) is 6.07 Å². The van der Waals surface area contributed by atoms with Gasteiger partial charge in [-0.3, -0.25) is 4.79 Å². The molecule has 3 fully saturated rings. The quantitative estimate of drug-likeness (QED) is 0.530. The van der Waals surface area contributed by atoms with Gasteiger partial charge in [0.05, 0.1) is 17.5 Å². The van der Waals surface area contributed by atoms with E-state index in [1.807, 2.05) is 13.0 Å². The van der Waals surface area contributed by atoms with E-state index < -0.39 is 0 Å². The first kappa shape index (κ1) is 23.5. The van der Waals surface area contributed by atoms with Crippen LogP contribution in [0.3, 0.4) is 0 Å². The van der Waals surface area contributed by atoms with E-state index in [2.05, 4.69) is 62.9 Å². The summed E-state index contributed by atoms with van der Waals surface area (Å²) < 4.78 is 16.7. The molecule has 0 spiro atoms. The van der Waals surface area contributed by atoms with Crippen LogP contribution in [0, 0.1) is 18.7 Å². The number of amides is 1. The van der Waals surface area contributed by atoms with E-state index in [0.29, 0.717) is 23.6 Å². The first-order valence-corrected chi connectivity index (χ1v) is 13.4. The molecule has 2 aromatic carbocycles. The number of hydrogen-bond donors (Lipinski definition) is 1. The van der Waals surface area contributed by atoms with Crippen molar-refractivity contribution in [1.29, 1.82) is 0 Å². The first-order chi connectivity index (χ1) is 17.4. The third-order valence-corrected chi connectivity index (χ3v) is 8.65. The summed E-state index contributed by atoms with van der Waals surface area (Å²) in [5.41, 5.74) is 3.84. The Hall–Kier alpha value is -2.93. The predicted octanol–water partition coefficient (Wildman–Crippen LogP) is 4.99. The van der Waals surface area contributed by atoms with Crippen LogP contribution >= 0.6 is 0 Å². The van der Waals surface area contributed by atoms with Crippen molar-refractivity contribution in [3.05, 3.63) is 59.7 Å². The number of para-hydroxylation sites is 1. The number of carbonyl (C=O) groups is 1. The molecule has 4 heterocycles. The molecule has 1 unspecified atom stereocenters. The van der Waals surface area contributed by atoms with Crippen molar-refractivity contribution in [2.24, 2.45) is 5.92 Å². The van der Waals surface area contributed by atoms with Gasteiger partial charge in [-0.05, 0) is 75.9 Å². The summed E-state index contributed by atoms with van der Waals surface area (Å²) in [6, 6.07) is 15.4. The van der Waals surface area contributed by atoms with E-state index in [1.165, 1.54) is 30.2 Å². The number of aromatic nitrogens is 2. The van der Waals surface area contributed by atoms with E-state index >= 15 is 0 Å². The Balaban J connectivity index is 1.22. The molecule has 6 nitrogen and oxygen atoms in total. The van der Waals surface area contributed by atoms with Crippen LogP contribution in [-0.2, 0) is 4.79 Å². The van der Waals surface area contributed by atoms with Gasteiger partial charge >= 0.3 is 0 Å². The molecule has 0 saturated carbocycles. The van der Waals surface area contributed by atoms with Crippen LogP contribution in [-0.4, -0.2) is 52.6 Å². The molecule has 3 aliphatic rings. The zero-order chi connectivity index (χ0) is 25.0. The molecule has 1 amide bonds. The molecule has 0 aliphatic carbocycles. The number of nitrogens with zero attached hydrogens (tertiary/aromatic N) is 4. The van der Waals surface area contributed by atoms with Gasteiger partial charge in [0.1, 0.15) is 11.3 Å². The van der Waals surface area contributed by atoms with E-state index in [4.69, 9.17) is 0 Å². The number of rotatable bonds is 6. The number of nitrogens with one attached hydrogen (secondary N) is 1. The summed E-state index contributed by atoms with van der Waals surface area (Å²) >= 11 is 0. The minimum Gasteiger partial charge on any atom is -0.365 e. The number of halogens is 1. The van der Waals surface area contributed by atoms with Crippen LogP contribution in [0.15, 0.2) is 42.5 Å². The summed E-state index contributed by atoms with van der Waals surface area (Å²) in [4.78, 5) is 22.1. The van der Waals surface area contributed by atoms with Gasteiger partial charge in [-0.2, -0.15) is 0 Å². The molecule has 7 heteroatoms. The van der Waals surface area contributed by atoms with Crippen molar-refractivity contribution >= 4 is 22.6 Å². The lowest BCUT2D eigenvalue weighted by molar-refractivity contribution is -0.130. The lowest BCUT2D eigenvalue weighted by Crippen LogP contribution is -2.52. The van der Waals surface area contributed by atoms with E-state index in [9.17, 15) is 9.18 Å². The maximum atomic E-state index is 14.4. The summed E-state index contributed by atoms with van der Waals surface area (Å²) in [5, 5.41) is 3.30. The molecule has 2 bridgehead atoms. The van der Waals surface area contributed by atoms with Gasteiger partial charge in [-0.15, -0.1) is 0 Å². The van der Waals surface area contributed by atoms with E-state index in [0.717, 1.165) is 43.7 Å². The number of fused-ring (bicyclic) bond motifs is 3.